The third-order valence-corrected chi connectivity index (χ3v) is 3.72. The normalized spacial score (nSPS) is 17.7. The third-order valence-electron chi connectivity index (χ3n) is 2.78. The molecule has 2 aromatic rings. The van der Waals surface area contributed by atoms with Crippen molar-refractivity contribution in [2.45, 2.75) is 19.8 Å². The first-order chi connectivity index (χ1) is 8.31. The summed E-state index contributed by atoms with van der Waals surface area (Å²) in [4.78, 5) is 4.47. The number of nitrogens with zero attached hydrogens (tertiary/aromatic N) is 2. The van der Waals surface area contributed by atoms with Gasteiger partial charge in [0.2, 0.25) is 5.13 Å². The molecule has 0 aliphatic heterocycles. The van der Waals surface area contributed by atoms with Crippen LogP contribution in [0, 0.1) is 0 Å². The molecule has 1 aliphatic carbocycles. The first-order valence-corrected chi connectivity index (χ1v) is 6.48. The molecule has 1 heterocycles. The van der Waals surface area contributed by atoms with Gasteiger partial charge in [0.05, 0.1) is 15.9 Å². The van der Waals surface area contributed by atoms with Crippen molar-refractivity contribution < 1.29 is 0 Å². The highest BCUT2D eigenvalue weighted by molar-refractivity contribution is 7.22. The van der Waals surface area contributed by atoms with E-state index in [2.05, 4.69) is 34.6 Å². The minimum absolute atomic E-state index is 0.858. The molecule has 17 heavy (non-hydrogen) atoms. The van der Waals surface area contributed by atoms with E-state index in [0.29, 0.717) is 0 Å². The Morgan fingerprint density at radius 2 is 2.18 bits per heavy atom. The summed E-state index contributed by atoms with van der Waals surface area (Å²) in [7, 11) is 0. The number of hydrogen-bond donors (Lipinski definition) is 1. The van der Waals surface area contributed by atoms with Gasteiger partial charge in [0, 0.05) is 0 Å². The van der Waals surface area contributed by atoms with E-state index in [4.69, 9.17) is 0 Å². The SMILES string of the molecule is CC1=C/C(=N\Nc2nc3ccccc3s2)CC1. The molecule has 1 aromatic heterocycles. The van der Waals surface area contributed by atoms with Crippen molar-refractivity contribution in [3.05, 3.63) is 35.9 Å². The number of para-hydroxylation sites is 1. The number of thiazole rings is 1. The topological polar surface area (TPSA) is 37.3 Å². The van der Waals surface area contributed by atoms with Crippen molar-refractivity contribution in [3.63, 3.8) is 0 Å². The van der Waals surface area contributed by atoms with Crippen molar-refractivity contribution >= 4 is 32.4 Å². The fraction of sp³-hybridized carbons (Fsp3) is 0.231. The molecule has 0 amide bonds. The smallest absolute Gasteiger partial charge is 0.204 e. The standard InChI is InChI=1S/C13H13N3S/c1-9-6-7-10(8-9)15-16-13-14-11-4-2-3-5-12(11)17-13/h2-5,8H,6-7H2,1H3,(H,14,16)/b15-10-. The Bertz CT molecular complexity index is 577. The van der Waals surface area contributed by atoms with Gasteiger partial charge in [-0.1, -0.05) is 29.0 Å². The summed E-state index contributed by atoms with van der Waals surface area (Å²) in [6.45, 7) is 2.14. The molecule has 1 aliphatic rings. The number of hydrogen-bond acceptors (Lipinski definition) is 4. The second-order valence-corrected chi connectivity index (χ2v) is 5.22. The maximum atomic E-state index is 4.47. The average molecular weight is 243 g/mol. The zero-order valence-electron chi connectivity index (χ0n) is 9.60. The van der Waals surface area contributed by atoms with Crippen molar-refractivity contribution in [1.82, 2.24) is 4.98 Å². The van der Waals surface area contributed by atoms with E-state index in [1.54, 1.807) is 11.3 Å². The van der Waals surface area contributed by atoms with Gasteiger partial charge in [0.1, 0.15) is 0 Å². The molecule has 4 heteroatoms. The van der Waals surface area contributed by atoms with E-state index in [0.717, 1.165) is 29.2 Å². The van der Waals surface area contributed by atoms with E-state index in [-0.39, 0.29) is 0 Å². The van der Waals surface area contributed by atoms with Crippen molar-refractivity contribution in [1.29, 1.82) is 0 Å². The zero-order valence-corrected chi connectivity index (χ0v) is 10.4. The molecule has 0 bridgehead atoms. The lowest BCUT2D eigenvalue weighted by atomic mass is 10.3. The molecule has 0 saturated carbocycles. The van der Waals surface area contributed by atoms with Crippen LogP contribution >= 0.6 is 11.3 Å². The highest BCUT2D eigenvalue weighted by Gasteiger charge is 2.07. The number of hydrazone groups is 1. The van der Waals surface area contributed by atoms with E-state index in [1.807, 2.05) is 18.2 Å². The van der Waals surface area contributed by atoms with Crippen molar-refractivity contribution in [2.24, 2.45) is 5.10 Å². The molecule has 1 aromatic carbocycles. The molecule has 1 N–H and O–H groups in total. The number of benzene rings is 1. The summed E-state index contributed by atoms with van der Waals surface area (Å²) in [6, 6.07) is 8.12. The highest BCUT2D eigenvalue weighted by Crippen LogP contribution is 2.25. The third kappa shape index (κ3) is 2.22. The second kappa shape index (κ2) is 4.30. The van der Waals surface area contributed by atoms with Gasteiger partial charge in [0.15, 0.2) is 0 Å². The Morgan fingerprint density at radius 1 is 1.29 bits per heavy atom. The Hall–Kier alpha value is -1.68. The number of allylic oxidation sites excluding steroid dienone is 2. The number of fused-ring (bicyclic) bond motifs is 1. The molecule has 0 fully saturated rings. The molecule has 0 radical (unpaired) electrons. The monoisotopic (exact) mass is 243 g/mol. The van der Waals surface area contributed by atoms with E-state index in [9.17, 15) is 0 Å². The van der Waals surface area contributed by atoms with E-state index >= 15 is 0 Å². The van der Waals surface area contributed by atoms with Gasteiger partial charge in [-0.05, 0) is 38.0 Å². The van der Waals surface area contributed by atoms with Crippen LogP contribution in [0.1, 0.15) is 19.8 Å². The number of anilines is 1. The molecule has 0 saturated heterocycles. The van der Waals surface area contributed by atoms with Gasteiger partial charge in [-0.25, -0.2) is 4.98 Å². The van der Waals surface area contributed by atoms with Gasteiger partial charge < -0.3 is 0 Å². The van der Waals surface area contributed by atoms with Crippen LogP contribution in [0.2, 0.25) is 0 Å². The lowest BCUT2D eigenvalue weighted by Gasteiger charge is -1.94. The number of rotatable bonds is 2. The Morgan fingerprint density at radius 3 is 2.94 bits per heavy atom. The largest absolute Gasteiger partial charge is 0.252 e. The van der Waals surface area contributed by atoms with E-state index < -0.39 is 0 Å². The van der Waals surface area contributed by atoms with Gasteiger partial charge in [-0.2, -0.15) is 5.10 Å². The summed E-state index contributed by atoms with van der Waals surface area (Å²) in [5.41, 5.74) is 6.58. The first kappa shape index (κ1) is 10.5. The number of nitrogens with one attached hydrogen (secondary N) is 1. The molecule has 86 valence electrons. The van der Waals surface area contributed by atoms with Crippen LogP contribution in [0.5, 0.6) is 0 Å². The van der Waals surface area contributed by atoms with Crippen LogP contribution in [0.3, 0.4) is 0 Å². The minimum atomic E-state index is 0.858. The summed E-state index contributed by atoms with van der Waals surface area (Å²) in [5, 5.41) is 5.24. The Kier molecular flexibility index (Phi) is 2.65. The summed E-state index contributed by atoms with van der Waals surface area (Å²) in [5.74, 6) is 0. The van der Waals surface area contributed by atoms with Crippen LogP contribution in [-0.2, 0) is 0 Å². The average Bonchev–Trinajstić information content (AvgIpc) is 2.91. The van der Waals surface area contributed by atoms with Gasteiger partial charge in [0.25, 0.3) is 0 Å². The first-order valence-electron chi connectivity index (χ1n) is 5.66. The highest BCUT2D eigenvalue weighted by atomic mass is 32.1. The molecule has 0 unspecified atom stereocenters. The van der Waals surface area contributed by atoms with Crippen LogP contribution in [-0.4, -0.2) is 10.7 Å². The van der Waals surface area contributed by atoms with Crippen LogP contribution in [0.4, 0.5) is 5.13 Å². The zero-order chi connectivity index (χ0) is 11.7. The van der Waals surface area contributed by atoms with Crippen LogP contribution in [0.25, 0.3) is 10.2 Å². The van der Waals surface area contributed by atoms with Crippen LogP contribution in [0.15, 0.2) is 41.0 Å². The Labute approximate surface area is 104 Å². The van der Waals surface area contributed by atoms with Gasteiger partial charge in [-0.3, -0.25) is 5.43 Å². The Balaban J connectivity index is 1.81. The van der Waals surface area contributed by atoms with Crippen molar-refractivity contribution in [3.8, 4) is 0 Å². The molecular weight excluding hydrogens is 230 g/mol. The molecule has 0 atom stereocenters. The molecular formula is C13H13N3S. The lowest BCUT2D eigenvalue weighted by molar-refractivity contribution is 1.05. The quantitative estimate of drug-likeness (QED) is 0.814. The maximum Gasteiger partial charge on any atom is 0.204 e. The predicted molar refractivity (Wildman–Crippen MR) is 73.7 cm³/mol. The lowest BCUT2D eigenvalue weighted by Crippen LogP contribution is -1.94. The fourth-order valence-electron chi connectivity index (χ4n) is 1.88. The molecule has 3 rings (SSSR count). The van der Waals surface area contributed by atoms with Crippen molar-refractivity contribution in [2.75, 3.05) is 5.43 Å². The second-order valence-electron chi connectivity index (χ2n) is 4.19. The van der Waals surface area contributed by atoms with Crippen LogP contribution < -0.4 is 5.43 Å². The predicted octanol–water partition coefficient (Wildman–Crippen LogP) is 3.80. The van der Waals surface area contributed by atoms with Gasteiger partial charge in [-0.15, -0.1) is 0 Å². The molecule has 0 spiro atoms. The summed E-state index contributed by atoms with van der Waals surface area (Å²) >= 11 is 1.63. The summed E-state index contributed by atoms with van der Waals surface area (Å²) in [6.07, 6.45) is 4.30. The van der Waals surface area contributed by atoms with E-state index in [1.165, 1.54) is 10.3 Å². The number of aromatic nitrogens is 1. The fourth-order valence-corrected chi connectivity index (χ4v) is 2.69. The maximum absolute atomic E-state index is 4.47. The molecule has 3 nitrogen and oxygen atoms in total. The minimum Gasteiger partial charge on any atom is -0.252 e. The van der Waals surface area contributed by atoms with Gasteiger partial charge >= 0.3 is 0 Å². The summed E-state index contributed by atoms with van der Waals surface area (Å²) < 4.78 is 1.19.